The maximum atomic E-state index is 12.6. The predicted molar refractivity (Wildman–Crippen MR) is 99.3 cm³/mol. The molecule has 0 saturated heterocycles. The van der Waals surface area contributed by atoms with Crippen LogP contribution in [0.15, 0.2) is 59.5 Å². The second kappa shape index (κ2) is 7.70. The molecule has 0 atom stereocenters. The van der Waals surface area contributed by atoms with E-state index in [1.165, 1.54) is 6.20 Å². The summed E-state index contributed by atoms with van der Waals surface area (Å²) in [5, 5.41) is 13.5. The standard InChI is InChI=1S/C19H16N6O3/c1-27-14-4-2-12(3-5-14)17-15(10-22-24-17)19(26)21-11-16-23-18(25-28-16)13-6-8-20-9-7-13/h2-10H,11H2,1H3,(H,21,26)(H,22,24). The maximum Gasteiger partial charge on any atom is 0.255 e. The van der Waals surface area contributed by atoms with Crippen molar-refractivity contribution >= 4 is 5.91 Å². The van der Waals surface area contributed by atoms with E-state index in [4.69, 9.17) is 9.26 Å². The Hall–Kier alpha value is -4.01. The first-order valence-corrected chi connectivity index (χ1v) is 8.43. The Balaban J connectivity index is 1.45. The molecule has 9 nitrogen and oxygen atoms in total. The number of benzene rings is 1. The molecule has 1 amide bonds. The third kappa shape index (κ3) is 3.58. The fraction of sp³-hybridized carbons (Fsp3) is 0.105. The molecule has 2 N–H and O–H groups in total. The molecule has 0 bridgehead atoms. The van der Waals surface area contributed by atoms with Gasteiger partial charge in [0.25, 0.3) is 5.91 Å². The van der Waals surface area contributed by atoms with E-state index in [9.17, 15) is 4.79 Å². The van der Waals surface area contributed by atoms with Crippen LogP contribution in [-0.4, -0.2) is 38.3 Å². The van der Waals surface area contributed by atoms with Crippen molar-refractivity contribution in [2.75, 3.05) is 7.11 Å². The van der Waals surface area contributed by atoms with Crippen molar-refractivity contribution in [3.63, 3.8) is 0 Å². The number of ether oxygens (including phenoxy) is 1. The molecule has 0 fully saturated rings. The van der Waals surface area contributed by atoms with Gasteiger partial charge in [-0.15, -0.1) is 0 Å². The molecule has 28 heavy (non-hydrogen) atoms. The lowest BCUT2D eigenvalue weighted by Gasteiger charge is -2.05. The Morgan fingerprint density at radius 3 is 2.68 bits per heavy atom. The van der Waals surface area contributed by atoms with Gasteiger partial charge in [0.05, 0.1) is 31.1 Å². The molecule has 4 rings (SSSR count). The molecular formula is C19H16N6O3. The van der Waals surface area contributed by atoms with Gasteiger partial charge < -0.3 is 14.6 Å². The van der Waals surface area contributed by atoms with Gasteiger partial charge in [-0.05, 0) is 36.4 Å². The number of aromatic nitrogens is 5. The molecular weight excluding hydrogens is 360 g/mol. The Morgan fingerprint density at radius 2 is 1.93 bits per heavy atom. The summed E-state index contributed by atoms with van der Waals surface area (Å²) in [6.07, 6.45) is 4.77. The minimum Gasteiger partial charge on any atom is -0.497 e. The molecule has 3 heterocycles. The minimum absolute atomic E-state index is 0.101. The van der Waals surface area contributed by atoms with E-state index in [1.54, 1.807) is 31.6 Å². The smallest absolute Gasteiger partial charge is 0.255 e. The number of amides is 1. The second-order valence-corrected chi connectivity index (χ2v) is 5.82. The summed E-state index contributed by atoms with van der Waals surface area (Å²) < 4.78 is 10.3. The van der Waals surface area contributed by atoms with Crippen LogP contribution < -0.4 is 10.1 Å². The number of rotatable bonds is 6. The molecule has 0 aliphatic rings. The quantitative estimate of drug-likeness (QED) is 0.530. The van der Waals surface area contributed by atoms with Gasteiger partial charge in [-0.25, -0.2) is 0 Å². The highest BCUT2D eigenvalue weighted by molar-refractivity contribution is 5.99. The van der Waals surface area contributed by atoms with Gasteiger partial charge in [0.15, 0.2) is 0 Å². The lowest BCUT2D eigenvalue weighted by Crippen LogP contribution is -2.23. The second-order valence-electron chi connectivity index (χ2n) is 5.82. The average Bonchev–Trinajstić information content (AvgIpc) is 3.43. The SMILES string of the molecule is COc1ccc(-c2[nH]ncc2C(=O)NCc2nc(-c3ccncc3)no2)cc1. The Kier molecular flexibility index (Phi) is 4.79. The third-order valence-corrected chi connectivity index (χ3v) is 4.07. The van der Waals surface area contributed by atoms with Crippen LogP contribution >= 0.6 is 0 Å². The first-order valence-electron chi connectivity index (χ1n) is 8.43. The normalized spacial score (nSPS) is 10.6. The number of H-pyrrole nitrogens is 1. The first kappa shape index (κ1) is 17.4. The highest BCUT2D eigenvalue weighted by Crippen LogP contribution is 2.23. The number of carbonyl (C=O) groups is 1. The summed E-state index contributed by atoms with van der Waals surface area (Å²) in [4.78, 5) is 20.8. The largest absolute Gasteiger partial charge is 0.497 e. The van der Waals surface area contributed by atoms with Gasteiger partial charge in [0, 0.05) is 23.5 Å². The number of nitrogens with zero attached hydrogens (tertiary/aromatic N) is 4. The van der Waals surface area contributed by atoms with Crippen molar-refractivity contribution < 1.29 is 14.1 Å². The highest BCUT2D eigenvalue weighted by Gasteiger charge is 2.16. The number of hydrogen-bond donors (Lipinski definition) is 2. The van der Waals surface area contributed by atoms with E-state index >= 15 is 0 Å². The lowest BCUT2D eigenvalue weighted by atomic mass is 10.1. The van der Waals surface area contributed by atoms with Gasteiger partial charge in [-0.2, -0.15) is 10.1 Å². The number of hydrogen-bond acceptors (Lipinski definition) is 7. The van der Waals surface area contributed by atoms with Crippen LogP contribution in [0, 0.1) is 0 Å². The van der Waals surface area contributed by atoms with Crippen LogP contribution in [0.5, 0.6) is 5.75 Å². The van der Waals surface area contributed by atoms with E-state index in [2.05, 4.69) is 30.6 Å². The maximum absolute atomic E-state index is 12.6. The molecule has 9 heteroatoms. The van der Waals surface area contributed by atoms with Crippen molar-refractivity contribution in [2.24, 2.45) is 0 Å². The molecule has 140 valence electrons. The summed E-state index contributed by atoms with van der Waals surface area (Å²) >= 11 is 0. The monoisotopic (exact) mass is 376 g/mol. The Bertz CT molecular complexity index is 1070. The van der Waals surface area contributed by atoms with Crippen LogP contribution in [0.4, 0.5) is 0 Å². The zero-order valence-electron chi connectivity index (χ0n) is 14.9. The molecule has 0 radical (unpaired) electrons. The van der Waals surface area contributed by atoms with Crippen molar-refractivity contribution in [3.8, 4) is 28.4 Å². The molecule has 3 aromatic heterocycles. The van der Waals surface area contributed by atoms with Gasteiger partial charge >= 0.3 is 0 Å². The van der Waals surface area contributed by atoms with E-state index in [0.717, 1.165) is 16.9 Å². The van der Waals surface area contributed by atoms with Crippen LogP contribution in [0.2, 0.25) is 0 Å². The average molecular weight is 376 g/mol. The van der Waals surface area contributed by atoms with Crippen LogP contribution in [0.1, 0.15) is 16.2 Å². The van der Waals surface area contributed by atoms with Crippen LogP contribution in [0.25, 0.3) is 22.6 Å². The number of carbonyl (C=O) groups excluding carboxylic acids is 1. The van der Waals surface area contributed by atoms with Gasteiger partial charge in [0.2, 0.25) is 11.7 Å². The highest BCUT2D eigenvalue weighted by atomic mass is 16.5. The van der Waals surface area contributed by atoms with E-state index in [1.807, 2.05) is 24.3 Å². The number of methoxy groups -OCH3 is 1. The van der Waals surface area contributed by atoms with Gasteiger partial charge in [-0.3, -0.25) is 14.9 Å². The summed E-state index contributed by atoms with van der Waals surface area (Å²) in [7, 11) is 1.60. The predicted octanol–water partition coefficient (Wildman–Crippen LogP) is 2.46. The molecule has 0 unspecified atom stereocenters. The van der Waals surface area contributed by atoms with Crippen molar-refractivity contribution in [1.29, 1.82) is 0 Å². The summed E-state index contributed by atoms with van der Waals surface area (Å²) in [5.41, 5.74) is 2.64. The van der Waals surface area contributed by atoms with Crippen molar-refractivity contribution in [2.45, 2.75) is 6.54 Å². The number of nitrogens with one attached hydrogen (secondary N) is 2. The molecule has 1 aromatic carbocycles. The van der Waals surface area contributed by atoms with Crippen molar-refractivity contribution in [3.05, 3.63) is 66.4 Å². The lowest BCUT2D eigenvalue weighted by molar-refractivity contribution is 0.0947. The zero-order valence-corrected chi connectivity index (χ0v) is 14.9. The van der Waals surface area contributed by atoms with E-state index in [-0.39, 0.29) is 12.5 Å². The molecule has 4 aromatic rings. The first-order chi connectivity index (χ1) is 13.7. The molecule has 0 aliphatic heterocycles. The molecule has 0 spiro atoms. The number of aromatic amines is 1. The Morgan fingerprint density at radius 1 is 1.14 bits per heavy atom. The van der Waals surface area contributed by atoms with Gasteiger partial charge in [0.1, 0.15) is 5.75 Å². The van der Waals surface area contributed by atoms with Gasteiger partial charge in [-0.1, -0.05) is 5.16 Å². The van der Waals surface area contributed by atoms with Crippen molar-refractivity contribution in [1.82, 2.24) is 30.6 Å². The molecule has 0 aliphatic carbocycles. The summed E-state index contributed by atoms with van der Waals surface area (Å²) in [6.45, 7) is 0.101. The minimum atomic E-state index is -0.303. The topological polar surface area (TPSA) is 119 Å². The van der Waals surface area contributed by atoms with Crippen LogP contribution in [-0.2, 0) is 6.54 Å². The number of pyridine rings is 1. The fourth-order valence-electron chi connectivity index (χ4n) is 2.63. The third-order valence-electron chi connectivity index (χ3n) is 4.07. The Labute approximate surface area is 159 Å². The van der Waals surface area contributed by atoms with Crippen LogP contribution in [0.3, 0.4) is 0 Å². The fourth-order valence-corrected chi connectivity index (χ4v) is 2.63. The van der Waals surface area contributed by atoms with E-state index < -0.39 is 0 Å². The summed E-state index contributed by atoms with van der Waals surface area (Å²) in [5.74, 6) is 1.17. The van der Waals surface area contributed by atoms with E-state index in [0.29, 0.717) is 23.0 Å². The molecule has 0 saturated carbocycles. The summed E-state index contributed by atoms with van der Waals surface area (Å²) in [6, 6.07) is 10.9. The zero-order chi connectivity index (χ0) is 19.3.